The van der Waals surface area contributed by atoms with Crippen LogP contribution in [-0.4, -0.2) is 17.1 Å². The van der Waals surface area contributed by atoms with Gasteiger partial charge in [0.05, 0.1) is 5.25 Å². The lowest BCUT2D eigenvalue weighted by atomic mass is 10.1. The molecule has 136 valence electrons. The Morgan fingerprint density at radius 3 is 2.48 bits per heavy atom. The number of nitrogens with two attached hydrogens (primary N) is 1. The molecule has 2 amide bonds. The van der Waals surface area contributed by atoms with Gasteiger partial charge >= 0.3 is 0 Å². The smallest absolute Gasteiger partial charge is 0.262 e. The van der Waals surface area contributed by atoms with Crippen molar-refractivity contribution in [2.75, 3.05) is 4.90 Å². The summed E-state index contributed by atoms with van der Waals surface area (Å²) in [5.74, 6) is -0.990. The lowest BCUT2D eigenvalue weighted by molar-refractivity contribution is -0.117. The molecule has 1 atom stereocenters. The molecule has 0 bridgehead atoms. The van der Waals surface area contributed by atoms with Crippen LogP contribution >= 0.6 is 11.8 Å². The first-order valence-electron chi connectivity index (χ1n) is 8.47. The van der Waals surface area contributed by atoms with E-state index >= 15 is 0 Å². The minimum absolute atomic E-state index is 0.158. The van der Waals surface area contributed by atoms with Crippen LogP contribution in [0.5, 0.6) is 0 Å². The van der Waals surface area contributed by atoms with Crippen molar-refractivity contribution in [3.05, 3.63) is 75.8 Å². The Labute approximate surface area is 162 Å². The lowest BCUT2D eigenvalue weighted by Crippen LogP contribution is -2.31. The number of hydrogen-bond acceptors (Lipinski definition) is 4. The monoisotopic (exact) mass is 377 g/mol. The molecule has 3 rings (SSSR count). The number of thioether (sulfide) groups is 1. The van der Waals surface area contributed by atoms with E-state index in [1.54, 1.807) is 12.1 Å². The molecule has 1 aliphatic rings. The zero-order valence-electron chi connectivity index (χ0n) is 15.1. The van der Waals surface area contributed by atoms with Gasteiger partial charge in [-0.05, 0) is 38.0 Å². The van der Waals surface area contributed by atoms with Gasteiger partial charge < -0.3 is 5.73 Å². The average molecular weight is 377 g/mol. The maximum atomic E-state index is 13.1. The third kappa shape index (κ3) is 3.88. The summed E-state index contributed by atoms with van der Waals surface area (Å²) in [6.07, 6.45) is 0.508. The fraction of sp³-hybridized carbons (Fsp3) is 0.190. The van der Waals surface area contributed by atoms with Gasteiger partial charge in [-0.25, -0.2) is 0 Å². The van der Waals surface area contributed by atoms with Crippen LogP contribution in [0.2, 0.25) is 0 Å². The van der Waals surface area contributed by atoms with E-state index in [0.717, 1.165) is 16.7 Å². The van der Waals surface area contributed by atoms with E-state index in [1.165, 1.54) is 16.7 Å². The molecular weight excluding hydrogens is 358 g/mol. The van der Waals surface area contributed by atoms with Gasteiger partial charge in [-0.3, -0.25) is 14.5 Å². The maximum Gasteiger partial charge on any atom is 0.262 e. The summed E-state index contributed by atoms with van der Waals surface area (Å²) in [5.41, 5.74) is 9.01. The topological polar surface area (TPSA) is 87.2 Å². The lowest BCUT2D eigenvalue weighted by Gasteiger charge is -2.18. The number of carbonyl (C=O) groups excluding carboxylic acids is 2. The Hall–Kier alpha value is -3.04. The summed E-state index contributed by atoms with van der Waals surface area (Å²) in [6, 6.07) is 17.2. The molecule has 2 aromatic rings. The molecule has 2 N–H and O–H groups in total. The number of nitrogens with zero attached hydrogens (tertiary/aromatic N) is 2. The molecule has 6 heteroatoms. The average Bonchev–Trinajstić information content (AvgIpc) is 2.92. The Morgan fingerprint density at radius 2 is 1.89 bits per heavy atom. The number of benzene rings is 2. The number of nitriles is 1. The molecule has 1 saturated heterocycles. The predicted octanol–water partition coefficient (Wildman–Crippen LogP) is 3.22. The molecule has 1 heterocycles. The van der Waals surface area contributed by atoms with Crippen molar-refractivity contribution in [3.63, 3.8) is 0 Å². The minimum Gasteiger partial charge on any atom is -0.365 e. The molecule has 0 spiro atoms. The third-order valence-corrected chi connectivity index (χ3v) is 5.58. The molecule has 0 radical (unpaired) electrons. The Kier molecular flexibility index (Phi) is 5.33. The molecule has 1 aliphatic heterocycles. The number of anilines is 1. The first-order valence-corrected chi connectivity index (χ1v) is 9.35. The van der Waals surface area contributed by atoms with Gasteiger partial charge in [0, 0.05) is 5.69 Å². The number of primary amides is 1. The van der Waals surface area contributed by atoms with E-state index in [-0.39, 0.29) is 11.5 Å². The van der Waals surface area contributed by atoms with E-state index in [2.05, 4.69) is 0 Å². The molecule has 27 heavy (non-hydrogen) atoms. The fourth-order valence-corrected chi connectivity index (χ4v) is 4.30. The second-order valence-corrected chi connectivity index (χ2v) is 7.66. The number of rotatable bonds is 4. The quantitative estimate of drug-likeness (QED) is 0.655. The number of hydrogen-bond donors (Lipinski definition) is 1. The van der Waals surface area contributed by atoms with Crippen LogP contribution in [0.3, 0.4) is 0 Å². The summed E-state index contributed by atoms with van der Waals surface area (Å²) >= 11 is 1.22. The van der Waals surface area contributed by atoms with Gasteiger partial charge in [0.15, 0.2) is 0 Å². The van der Waals surface area contributed by atoms with Crippen LogP contribution in [-0.2, 0) is 16.0 Å². The summed E-state index contributed by atoms with van der Waals surface area (Å²) in [5, 5.41) is 9.28. The highest BCUT2D eigenvalue weighted by Gasteiger charge is 2.40. The van der Waals surface area contributed by atoms with Gasteiger partial charge in [0.1, 0.15) is 16.7 Å². The van der Waals surface area contributed by atoms with Gasteiger partial charge in [-0.15, -0.1) is 0 Å². The van der Waals surface area contributed by atoms with Crippen molar-refractivity contribution in [2.24, 2.45) is 5.73 Å². The molecule has 0 aromatic heterocycles. The Bertz CT molecular complexity index is 974. The van der Waals surface area contributed by atoms with Crippen LogP contribution < -0.4 is 10.6 Å². The first-order chi connectivity index (χ1) is 12.9. The Balaban J connectivity index is 2.03. The highest BCUT2D eigenvalue weighted by molar-refractivity contribution is 8.05. The summed E-state index contributed by atoms with van der Waals surface area (Å²) in [4.78, 5) is 26.3. The highest BCUT2D eigenvalue weighted by Crippen LogP contribution is 2.41. The first kappa shape index (κ1) is 18.7. The zero-order chi connectivity index (χ0) is 19.6. The zero-order valence-corrected chi connectivity index (χ0v) is 15.9. The van der Waals surface area contributed by atoms with Crippen molar-refractivity contribution < 1.29 is 9.59 Å². The molecule has 1 unspecified atom stereocenters. The highest BCUT2D eigenvalue weighted by atomic mass is 32.2. The molecule has 0 aliphatic carbocycles. The fourth-order valence-electron chi connectivity index (χ4n) is 2.98. The van der Waals surface area contributed by atoms with Gasteiger partial charge in [0.2, 0.25) is 5.91 Å². The van der Waals surface area contributed by atoms with E-state index in [9.17, 15) is 14.9 Å². The molecular formula is C21H19N3O2S. The van der Waals surface area contributed by atoms with E-state index in [1.807, 2.05) is 56.3 Å². The maximum absolute atomic E-state index is 13.1. The van der Waals surface area contributed by atoms with Crippen LogP contribution in [0.1, 0.15) is 16.7 Å². The van der Waals surface area contributed by atoms with E-state index < -0.39 is 11.2 Å². The molecule has 0 saturated carbocycles. The van der Waals surface area contributed by atoms with E-state index in [0.29, 0.717) is 17.1 Å². The van der Waals surface area contributed by atoms with E-state index in [4.69, 9.17) is 5.73 Å². The second-order valence-electron chi connectivity index (χ2n) is 6.47. The van der Waals surface area contributed by atoms with Crippen LogP contribution in [0.4, 0.5) is 5.69 Å². The second kappa shape index (κ2) is 7.68. The van der Waals surface area contributed by atoms with Crippen molar-refractivity contribution in [2.45, 2.75) is 25.5 Å². The number of amides is 2. The van der Waals surface area contributed by atoms with Crippen LogP contribution in [0.15, 0.2) is 59.1 Å². The van der Waals surface area contributed by atoms with Crippen molar-refractivity contribution in [1.82, 2.24) is 0 Å². The standard InChI is InChI=1S/C21H19N3O2S/c1-13-6-8-16(9-7-13)24-20(26)18(11-15-5-3-4-14(2)10-15)27-21(24)17(12-22)19(23)25/h3-10,18H,11H2,1-2H3,(H2,23,25). The SMILES string of the molecule is Cc1ccc(N2C(=O)C(Cc3cccc(C)c3)SC2=C(C#N)C(N)=O)cc1. The normalized spacial score (nSPS) is 18.3. The third-order valence-electron chi connectivity index (χ3n) is 4.32. The summed E-state index contributed by atoms with van der Waals surface area (Å²) < 4.78 is 0. The predicted molar refractivity (Wildman–Crippen MR) is 107 cm³/mol. The van der Waals surface area contributed by atoms with Crippen molar-refractivity contribution in [1.29, 1.82) is 5.26 Å². The minimum atomic E-state index is -0.832. The van der Waals surface area contributed by atoms with Gasteiger partial charge in [0.25, 0.3) is 5.91 Å². The molecule has 1 fully saturated rings. The van der Waals surface area contributed by atoms with Gasteiger partial charge in [-0.2, -0.15) is 5.26 Å². The molecule has 5 nitrogen and oxygen atoms in total. The van der Waals surface area contributed by atoms with Crippen molar-refractivity contribution >= 4 is 29.3 Å². The molecule has 2 aromatic carbocycles. The largest absolute Gasteiger partial charge is 0.365 e. The number of carbonyl (C=O) groups is 2. The van der Waals surface area contributed by atoms with Crippen molar-refractivity contribution in [3.8, 4) is 6.07 Å². The Morgan fingerprint density at radius 1 is 1.19 bits per heavy atom. The number of aryl methyl sites for hydroxylation is 2. The summed E-state index contributed by atoms with van der Waals surface area (Å²) in [6.45, 7) is 3.95. The van der Waals surface area contributed by atoms with Gasteiger partial charge in [-0.1, -0.05) is 59.3 Å². The van der Waals surface area contributed by atoms with Crippen LogP contribution in [0.25, 0.3) is 0 Å². The van der Waals surface area contributed by atoms with Crippen LogP contribution in [0, 0.1) is 25.2 Å². The summed E-state index contributed by atoms with van der Waals surface area (Å²) in [7, 11) is 0.